The molecule has 168 valence electrons. The number of hydrogen-bond acceptors (Lipinski definition) is 5. The third-order valence-electron chi connectivity index (χ3n) is 6.25. The van der Waals surface area contributed by atoms with Gasteiger partial charge in [0.15, 0.2) is 10.6 Å². The molecule has 0 spiro atoms. The van der Waals surface area contributed by atoms with Gasteiger partial charge < -0.3 is 4.42 Å². The zero-order chi connectivity index (χ0) is 23.7. The smallest absolute Gasteiger partial charge is 0.297 e. The van der Waals surface area contributed by atoms with Crippen LogP contribution in [-0.2, 0) is 0 Å². The van der Waals surface area contributed by atoms with Crippen molar-refractivity contribution in [2.75, 3.05) is 4.90 Å². The monoisotopic (exact) mass is 470 g/mol. The van der Waals surface area contributed by atoms with Crippen molar-refractivity contribution in [2.24, 2.45) is 0 Å². The lowest BCUT2D eigenvalue weighted by molar-refractivity contribution is 0.0971. The summed E-state index contributed by atoms with van der Waals surface area (Å²) in [6.45, 7) is 5.85. The van der Waals surface area contributed by atoms with E-state index in [9.17, 15) is 9.59 Å². The van der Waals surface area contributed by atoms with Crippen LogP contribution in [0.5, 0.6) is 0 Å². The normalized spacial score (nSPS) is 15.5. The van der Waals surface area contributed by atoms with Crippen LogP contribution in [0.15, 0.2) is 63.8 Å². The Kier molecular flexibility index (Phi) is 4.47. The van der Waals surface area contributed by atoms with Gasteiger partial charge in [-0.15, -0.1) is 0 Å². The summed E-state index contributed by atoms with van der Waals surface area (Å²) >= 11 is 1.34. The van der Waals surface area contributed by atoms with Crippen LogP contribution in [0.4, 0.5) is 9.52 Å². The zero-order valence-electron chi connectivity index (χ0n) is 18.7. The first kappa shape index (κ1) is 20.7. The minimum Gasteiger partial charge on any atom is -0.450 e. The molecule has 2 aromatic heterocycles. The Bertz CT molecular complexity index is 1720. The number of hydrogen-bond donors (Lipinski definition) is 0. The van der Waals surface area contributed by atoms with Crippen molar-refractivity contribution in [3.63, 3.8) is 0 Å². The van der Waals surface area contributed by atoms with Gasteiger partial charge in [0, 0.05) is 5.56 Å². The number of aromatic nitrogens is 1. The summed E-state index contributed by atoms with van der Waals surface area (Å²) < 4.78 is 22.0. The van der Waals surface area contributed by atoms with Gasteiger partial charge in [0.05, 0.1) is 21.2 Å². The second-order valence-corrected chi connectivity index (χ2v) is 9.71. The topological polar surface area (TPSA) is 63.4 Å². The lowest BCUT2D eigenvalue weighted by Crippen LogP contribution is -2.30. The number of carbonyl (C=O) groups is 1. The molecule has 1 aliphatic heterocycles. The van der Waals surface area contributed by atoms with Gasteiger partial charge >= 0.3 is 0 Å². The standard InChI is InChI=1S/C27H19FN2O3S/c1-13-8-9-19-17(11-13)24(31)21-23(16-6-4-5-7-18(16)28)30(26(32)25(21)33-19)27-29-22-15(3)10-14(2)12-20(22)34-27/h4-12,23H,1-3H3/t23-/m1/s1. The van der Waals surface area contributed by atoms with E-state index in [1.54, 1.807) is 30.3 Å². The number of thiazole rings is 1. The SMILES string of the molecule is Cc1cc(C)c2nc(N3C(=O)c4oc5ccc(C)cc5c(=O)c4[C@H]3c3ccccc3F)sc2c1. The van der Waals surface area contributed by atoms with Crippen molar-refractivity contribution < 1.29 is 13.6 Å². The van der Waals surface area contributed by atoms with Gasteiger partial charge in [0.2, 0.25) is 5.76 Å². The largest absolute Gasteiger partial charge is 0.450 e. The molecule has 7 heteroatoms. The molecule has 5 aromatic rings. The van der Waals surface area contributed by atoms with Crippen molar-refractivity contribution >= 4 is 43.6 Å². The lowest BCUT2D eigenvalue weighted by atomic mass is 9.98. The maximum Gasteiger partial charge on any atom is 0.297 e. The molecule has 3 heterocycles. The van der Waals surface area contributed by atoms with Crippen molar-refractivity contribution in [1.82, 2.24) is 4.98 Å². The molecule has 5 nitrogen and oxygen atoms in total. The molecule has 1 amide bonds. The summed E-state index contributed by atoms with van der Waals surface area (Å²) in [4.78, 5) is 33.6. The molecular weight excluding hydrogens is 451 g/mol. The van der Waals surface area contributed by atoms with Crippen LogP contribution in [0.1, 0.15) is 44.4 Å². The molecule has 0 N–H and O–H groups in total. The van der Waals surface area contributed by atoms with E-state index in [1.165, 1.54) is 22.3 Å². The highest BCUT2D eigenvalue weighted by atomic mass is 32.1. The van der Waals surface area contributed by atoms with Crippen molar-refractivity contribution in [3.05, 3.63) is 104 Å². The fraction of sp³-hybridized carbons (Fsp3) is 0.148. The number of amides is 1. The van der Waals surface area contributed by atoms with E-state index < -0.39 is 17.8 Å². The highest BCUT2D eigenvalue weighted by Gasteiger charge is 2.46. The van der Waals surface area contributed by atoms with Crippen molar-refractivity contribution in [3.8, 4) is 0 Å². The number of anilines is 1. The Morgan fingerprint density at radius 3 is 2.59 bits per heavy atom. The third kappa shape index (κ3) is 2.93. The molecule has 1 atom stereocenters. The predicted molar refractivity (Wildman–Crippen MR) is 131 cm³/mol. The summed E-state index contributed by atoms with van der Waals surface area (Å²) in [6.07, 6.45) is 0. The summed E-state index contributed by atoms with van der Waals surface area (Å²) in [7, 11) is 0. The van der Waals surface area contributed by atoms with Crippen LogP contribution in [0.3, 0.4) is 0 Å². The lowest BCUT2D eigenvalue weighted by Gasteiger charge is -2.22. The predicted octanol–water partition coefficient (Wildman–Crippen LogP) is 6.22. The van der Waals surface area contributed by atoms with Gasteiger partial charge in [-0.2, -0.15) is 0 Å². The summed E-state index contributed by atoms with van der Waals surface area (Å²) in [5.74, 6) is -1.08. The average Bonchev–Trinajstić information content (AvgIpc) is 3.34. The van der Waals surface area contributed by atoms with E-state index in [-0.39, 0.29) is 22.3 Å². The Morgan fingerprint density at radius 1 is 1.00 bits per heavy atom. The first-order valence-electron chi connectivity index (χ1n) is 10.9. The number of halogens is 1. The molecule has 0 radical (unpaired) electrons. The minimum absolute atomic E-state index is 0.0678. The molecule has 0 unspecified atom stereocenters. The molecule has 0 bridgehead atoms. The minimum atomic E-state index is -0.980. The number of carbonyl (C=O) groups excluding carboxylic acids is 1. The van der Waals surface area contributed by atoms with E-state index >= 15 is 4.39 Å². The first-order valence-corrected chi connectivity index (χ1v) is 11.7. The molecule has 0 fully saturated rings. The van der Waals surface area contributed by atoms with Gasteiger partial charge in [0.25, 0.3) is 5.91 Å². The molecule has 0 aliphatic carbocycles. The molecule has 3 aromatic carbocycles. The van der Waals surface area contributed by atoms with E-state index in [2.05, 4.69) is 0 Å². The second kappa shape index (κ2) is 7.33. The zero-order valence-corrected chi connectivity index (χ0v) is 19.5. The van der Waals surface area contributed by atoms with Gasteiger partial charge in [-0.1, -0.05) is 47.2 Å². The average molecular weight is 471 g/mol. The fourth-order valence-corrected chi connectivity index (χ4v) is 5.91. The number of rotatable bonds is 2. The summed E-state index contributed by atoms with van der Waals surface area (Å²) in [5.41, 5.74) is 4.09. The van der Waals surface area contributed by atoms with Gasteiger partial charge in [-0.05, 0) is 56.2 Å². The highest BCUT2D eigenvalue weighted by molar-refractivity contribution is 7.22. The number of aryl methyl sites for hydroxylation is 3. The Labute approximate surface area is 198 Å². The maximum absolute atomic E-state index is 15.1. The summed E-state index contributed by atoms with van der Waals surface area (Å²) in [6, 6.07) is 14.5. The van der Waals surface area contributed by atoms with Crippen molar-refractivity contribution in [1.29, 1.82) is 0 Å². The molecule has 1 aliphatic rings. The number of nitrogens with zero attached hydrogens (tertiary/aromatic N) is 2. The van der Waals surface area contributed by atoms with Crippen LogP contribution in [0.2, 0.25) is 0 Å². The van der Waals surface area contributed by atoms with Gasteiger partial charge in [-0.3, -0.25) is 14.5 Å². The van der Waals surface area contributed by atoms with Crippen LogP contribution >= 0.6 is 11.3 Å². The summed E-state index contributed by atoms with van der Waals surface area (Å²) in [5, 5.41) is 0.762. The molecule has 0 saturated carbocycles. The second-order valence-electron chi connectivity index (χ2n) is 8.70. The molecule has 0 saturated heterocycles. The third-order valence-corrected chi connectivity index (χ3v) is 7.25. The first-order chi connectivity index (χ1) is 16.3. The Balaban J connectivity index is 1.67. The Hall–Kier alpha value is -3.84. The van der Waals surface area contributed by atoms with E-state index in [0.717, 1.165) is 26.9 Å². The molecule has 34 heavy (non-hydrogen) atoms. The van der Waals surface area contributed by atoms with Gasteiger partial charge in [-0.25, -0.2) is 9.37 Å². The number of benzene rings is 3. The van der Waals surface area contributed by atoms with Crippen LogP contribution in [-0.4, -0.2) is 10.9 Å². The maximum atomic E-state index is 15.1. The van der Waals surface area contributed by atoms with Crippen LogP contribution < -0.4 is 10.3 Å². The van der Waals surface area contributed by atoms with Crippen molar-refractivity contribution in [2.45, 2.75) is 26.8 Å². The number of fused-ring (bicyclic) bond motifs is 3. The van der Waals surface area contributed by atoms with Gasteiger partial charge in [0.1, 0.15) is 17.4 Å². The van der Waals surface area contributed by atoms with Crippen LogP contribution in [0.25, 0.3) is 21.2 Å². The van der Waals surface area contributed by atoms with E-state index in [1.807, 2.05) is 39.0 Å². The molecular formula is C27H19FN2O3S. The van der Waals surface area contributed by atoms with E-state index in [0.29, 0.717) is 16.1 Å². The fourth-order valence-electron chi connectivity index (χ4n) is 4.74. The van der Waals surface area contributed by atoms with Crippen LogP contribution in [0, 0.1) is 26.6 Å². The Morgan fingerprint density at radius 2 is 1.79 bits per heavy atom. The highest BCUT2D eigenvalue weighted by Crippen LogP contribution is 2.44. The van der Waals surface area contributed by atoms with E-state index in [4.69, 9.17) is 9.40 Å². The molecule has 6 rings (SSSR count). The quantitative estimate of drug-likeness (QED) is 0.307.